The Labute approximate surface area is 171 Å². The lowest BCUT2D eigenvalue weighted by molar-refractivity contribution is -0.136. The van der Waals surface area contributed by atoms with Crippen LogP contribution in [0, 0.1) is 17.7 Å². The molecule has 3 rings (SSSR count). The van der Waals surface area contributed by atoms with Crippen LogP contribution in [0.4, 0.5) is 4.39 Å². The topological polar surface area (TPSA) is 44.8 Å². The Morgan fingerprint density at radius 2 is 1.72 bits per heavy atom. The van der Waals surface area contributed by atoms with Gasteiger partial charge in [-0.15, -0.1) is 0 Å². The average Bonchev–Trinajstić information content (AvgIpc) is 3.16. The van der Waals surface area contributed by atoms with Crippen LogP contribution in [0.2, 0.25) is 0 Å². The molecule has 154 valence electrons. The summed E-state index contributed by atoms with van der Waals surface area (Å²) in [6.45, 7) is 4.30. The van der Waals surface area contributed by atoms with Crippen LogP contribution >= 0.6 is 0 Å². The van der Waals surface area contributed by atoms with Crippen LogP contribution in [0.1, 0.15) is 31.1 Å². The minimum absolute atomic E-state index is 0.0123. The lowest BCUT2D eigenvalue weighted by atomic mass is 9.78. The molecule has 0 radical (unpaired) electrons. The van der Waals surface area contributed by atoms with Crippen LogP contribution in [0.15, 0.2) is 59.7 Å². The number of rotatable bonds is 6. The molecule has 0 bridgehead atoms. The van der Waals surface area contributed by atoms with Crippen molar-refractivity contribution in [2.75, 3.05) is 20.8 Å². The van der Waals surface area contributed by atoms with Gasteiger partial charge in [0.1, 0.15) is 11.6 Å². The van der Waals surface area contributed by atoms with Gasteiger partial charge in [-0.05, 0) is 61.6 Å². The summed E-state index contributed by atoms with van der Waals surface area (Å²) in [4.78, 5) is 12.1. The van der Waals surface area contributed by atoms with Gasteiger partial charge in [0.05, 0.1) is 26.9 Å². The smallest absolute Gasteiger partial charge is 0.333 e. The largest absolute Gasteiger partial charge is 0.497 e. The van der Waals surface area contributed by atoms with Crippen molar-refractivity contribution in [2.45, 2.75) is 26.4 Å². The molecule has 4 nitrogen and oxygen atoms in total. The third kappa shape index (κ3) is 4.67. The molecule has 1 aliphatic heterocycles. The molecular formula is C24H27FO4. The molecule has 3 atom stereocenters. The SMILES string of the molecule is COC(=O)/C(C)=C(/C)[C@H]1[C@@H](Cc2ccc(OC)cc2)CO[C@@H]1c1ccc(F)cc1. The lowest BCUT2D eigenvalue weighted by Gasteiger charge is -2.26. The zero-order valence-corrected chi connectivity index (χ0v) is 17.3. The molecule has 5 heteroatoms. The van der Waals surface area contributed by atoms with E-state index in [1.807, 2.05) is 31.2 Å². The van der Waals surface area contributed by atoms with Crippen molar-refractivity contribution < 1.29 is 23.4 Å². The Hall–Kier alpha value is -2.66. The maximum atomic E-state index is 13.4. The number of methoxy groups -OCH3 is 2. The van der Waals surface area contributed by atoms with Gasteiger partial charge in [0.15, 0.2) is 0 Å². The van der Waals surface area contributed by atoms with Crippen molar-refractivity contribution in [3.8, 4) is 5.75 Å². The maximum absolute atomic E-state index is 13.4. The summed E-state index contributed by atoms with van der Waals surface area (Å²) in [5, 5.41) is 0. The molecule has 29 heavy (non-hydrogen) atoms. The highest BCUT2D eigenvalue weighted by Gasteiger charge is 2.40. The first-order chi connectivity index (χ1) is 13.9. The molecule has 1 saturated heterocycles. The molecule has 1 aliphatic rings. The van der Waals surface area contributed by atoms with E-state index in [0.29, 0.717) is 12.2 Å². The molecule has 0 unspecified atom stereocenters. The molecule has 0 N–H and O–H groups in total. The summed E-state index contributed by atoms with van der Waals surface area (Å²) in [6, 6.07) is 14.4. The monoisotopic (exact) mass is 398 g/mol. The van der Waals surface area contributed by atoms with Crippen LogP contribution in [0.5, 0.6) is 5.75 Å². The molecule has 0 saturated carbocycles. The van der Waals surface area contributed by atoms with Crippen LogP contribution in [0.25, 0.3) is 0 Å². The molecular weight excluding hydrogens is 371 g/mol. The van der Waals surface area contributed by atoms with Crippen LogP contribution in [-0.4, -0.2) is 26.8 Å². The van der Waals surface area contributed by atoms with Crippen LogP contribution in [-0.2, 0) is 20.7 Å². The van der Waals surface area contributed by atoms with E-state index in [-0.39, 0.29) is 29.7 Å². The van der Waals surface area contributed by atoms with Crippen molar-refractivity contribution in [1.29, 1.82) is 0 Å². The fourth-order valence-corrected chi connectivity index (χ4v) is 4.03. The molecule has 0 aromatic heterocycles. The van der Waals surface area contributed by atoms with Crippen LogP contribution < -0.4 is 4.74 Å². The summed E-state index contributed by atoms with van der Waals surface area (Å²) in [5.41, 5.74) is 3.62. The van der Waals surface area contributed by atoms with Crippen molar-refractivity contribution >= 4 is 5.97 Å². The Balaban J connectivity index is 1.93. The molecule has 2 aromatic carbocycles. The second-order valence-electron chi connectivity index (χ2n) is 7.44. The van der Waals surface area contributed by atoms with Gasteiger partial charge in [0.2, 0.25) is 0 Å². The first-order valence-electron chi connectivity index (χ1n) is 9.70. The zero-order valence-electron chi connectivity index (χ0n) is 17.3. The zero-order chi connectivity index (χ0) is 21.0. The first-order valence-corrected chi connectivity index (χ1v) is 9.70. The number of esters is 1. The Morgan fingerprint density at radius 3 is 2.31 bits per heavy atom. The second kappa shape index (κ2) is 9.23. The molecule has 0 amide bonds. The summed E-state index contributed by atoms with van der Waals surface area (Å²) >= 11 is 0. The van der Waals surface area contributed by atoms with E-state index in [4.69, 9.17) is 14.2 Å². The fourth-order valence-electron chi connectivity index (χ4n) is 4.03. The molecule has 0 aliphatic carbocycles. The number of ether oxygens (including phenoxy) is 3. The highest BCUT2D eigenvalue weighted by Crippen LogP contribution is 2.45. The molecule has 2 aromatic rings. The van der Waals surface area contributed by atoms with Gasteiger partial charge >= 0.3 is 5.97 Å². The minimum atomic E-state index is -0.338. The first kappa shape index (κ1) is 21.1. The average molecular weight is 398 g/mol. The predicted octanol–water partition coefficient (Wildman–Crippen LogP) is 4.89. The van der Waals surface area contributed by atoms with E-state index in [0.717, 1.165) is 23.3 Å². The van der Waals surface area contributed by atoms with Gasteiger partial charge in [-0.3, -0.25) is 0 Å². The van der Waals surface area contributed by atoms with E-state index in [1.165, 1.54) is 24.8 Å². The highest BCUT2D eigenvalue weighted by molar-refractivity contribution is 5.88. The number of benzene rings is 2. The minimum Gasteiger partial charge on any atom is -0.497 e. The standard InChI is InChI=1S/C24H27FO4/c1-15(16(2)24(26)28-4)22-19(13-17-5-11-21(27-3)12-6-17)14-29-23(22)18-7-9-20(25)10-8-18/h5-12,19,22-23H,13-14H2,1-4H3/b16-15-/t19-,22-,23+/m0/s1. The molecule has 0 spiro atoms. The number of hydrogen-bond acceptors (Lipinski definition) is 4. The normalized spacial score (nSPS) is 22.2. The van der Waals surface area contributed by atoms with Crippen molar-refractivity contribution in [3.63, 3.8) is 0 Å². The predicted molar refractivity (Wildman–Crippen MR) is 109 cm³/mol. The summed E-state index contributed by atoms with van der Waals surface area (Å²) in [5.74, 6) is 0.362. The summed E-state index contributed by atoms with van der Waals surface area (Å²) < 4.78 is 29.8. The number of carbonyl (C=O) groups excluding carboxylic acids is 1. The van der Waals surface area contributed by atoms with Crippen LogP contribution in [0.3, 0.4) is 0 Å². The van der Waals surface area contributed by atoms with Gasteiger partial charge < -0.3 is 14.2 Å². The van der Waals surface area contributed by atoms with Gasteiger partial charge in [0.25, 0.3) is 0 Å². The van der Waals surface area contributed by atoms with Crippen molar-refractivity contribution in [2.24, 2.45) is 11.8 Å². The third-order valence-corrected chi connectivity index (χ3v) is 5.76. The molecule has 1 fully saturated rings. The van der Waals surface area contributed by atoms with Gasteiger partial charge in [-0.25, -0.2) is 9.18 Å². The van der Waals surface area contributed by atoms with E-state index in [9.17, 15) is 9.18 Å². The third-order valence-electron chi connectivity index (χ3n) is 5.76. The lowest BCUT2D eigenvalue weighted by Crippen LogP contribution is -2.21. The van der Waals surface area contributed by atoms with E-state index in [2.05, 4.69) is 0 Å². The van der Waals surface area contributed by atoms with Gasteiger partial charge in [-0.1, -0.05) is 29.8 Å². The van der Waals surface area contributed by atoms with Gasteiger partial charge in [-0.2, -0.15) is 0 Å². The quantitative estimate of drug-likeness (QED) is 0.513. The Bertz CT molecular complexity index is 871. The highest BCUT2D eigenvalue weighted by atomic mass is 19.1. The van der Waals surface area contributed by atoms with E-state index >= 15 is 0 Å². The number of halogens is 1. The van der Waals surface area contributed by atoms with Crippen molar-refractivity contribution in [1.82, 2.24) is 0 Å². The number of hydrogen-bond donors (Lipinski definition) is 0. The van der Waals surface area contributed by atoms with E-state index in [1.54, 1.807) is 26.2 Å². The summed E-state index contributed by atoms with van der Waals surface area (Å²) in [6.07, 6.45) is 0.566. The van der Waals surface area contributed by atoms with Gasteiger partial charge in [0, 0.05) is 11.5 Å². The summed E-state index contributed by atoms with van der Waals surface area (Å²) in [7, 11) is 3.03. The maximum Gasteiger partial charge on any atom is 0.333 e. The fraction of sp³-hybridized carbons (Fsp3) is 0.375. The van der Waals surface area contributed by atoms with Crippen molar-refractivity contribution in [3.05, 3.63) is 76.6 Å². The number of carbonyl (C=O) groups is 1. The van der Waals surface area contributed by atoms with E-state index < -0.39 is 0 Å². The molecule has 1 heterocycles. The Morgan fingerprint density at radius 1 is 1.07 bits per heavy atom. The second-order valence-corrected chi connectivity index (χ2v) is 7.44. The Kier molecular flexibility index (Phi) is 6.70.